The Morgan fingerprint density at radius 3 is 2.38 bits per heavy atom. The van der Waals surface area contributed by atoms with Crippen LogP contribution in [0.4, 0.5) is 5.82 Å². The van der Waals surface area contributed by atoms with Crippen LogP contribution in [-0.4, -0.2) is 15.2 Å². The first-order valence-electron chi connectivity index (χ1n) is 10.3. The first kappa shape index (κ1) is 17.7. The predicted octanol–water partition coefficient (Wildman–Crippen LogP) is 6.05. The molecule has 0 unspecified atom stereocenters. The maximum Gasteiger partial charge on any atom is 0.158 e. The molecule has 0 aliphatic heterocycles. The number of nitrogens with zero attached hydrogens (tertiary/aromatic N) is 2. The maximum atomic E-state index is 6.17. The summed E-state index contributed by atoms with van der Waals surface area (Å²) in [5.41, 5.74) is 10.2. The van der Waals surface area contributed by atoms with Crippen molar-refractivity contribution in [3.63, 3.8) is 0 Å². The molecule has 1 aliphatic carbocycles. The first-order chi connectivity index (χ1) is 14.3. The fourth-order valence-corrected chi connectivity index (χ4v) is 4.24. The van der Waals surface area contributed by atoms with E-state index in [1.807, 2.05) is 42.5 Å². The lowest BCUT2D eigenvalue weighted by molar-refractivity contribution is 0.437. The van der Waals surface area contributed by atoms with Crippen LogP contribution in [0.15, 0.2) is 60.7 Å². The van der Waals surface area contributed by atoms with Crippen molar-refractivity contribution in [3.8, 4) is 22.6 Å². The second-order valence-corrected chi connectivity index (χ2v) is 7.70. The second-order valence-electron chi connectivity index (χ2n) is 7.70. The van der Waals surface area contributed by atoms with Crippen molar-refractivity contribution in [2.75, 3.05) is 5.73 Å². The predicted molar refractivity (Wildman–Crippen MR) is 116 cm³/mol. The molecule has 2 heterocycles. The number of aromatic nitrogens is 3. The molecular weight excluding hydrogens is 360 g/mol. The Bertz CT molecular complexity index is 1110. The van der Waals surface area contributed by atoms with Crippen LogP contribution in [0.2, 0.25) is 0 Å². The van der Waals surface area contributed by atoms with Gasteiger partial charge in [0, 0.05) is 11.6 Å². The number of fused-ring (bicyclic) bond motifs is 1. The number of benzene rings is 2. The first-order valence-corrected chi connectivity index (χ1v) is 10.3. The van der Waals surface area contributed by atoms with Crippen molar-refractivity contribution in [1.82, 2.24) is 15.2 Å². The topological polar surface area (TPSA) is 76.8 Å². The number of pyridine rings is 1. The van der Waals surface area contributed by atoms with Gasteiger partial charge in [-0.05, 0) is 54.3 Å². The smallest absolute Gasteiger partial charge is 0.158 e. The molecule has 0 amide bonds. The Morgan fingerprint density at radius 1 is 0.897 bits per heavy atom. The summed E-state index contributed by atoms with van der Waals surface area (Å²) in [5, 5.41) is 8.11. The Morgan fingerprint density at radius 2 is 1.62 bits per heavy atom. The van der Waals surface area contributed by atoms with Crippen molar-refractivity contribution in [2.45, 2.75) is 38.0 Å². The van der Waals surface area contributed by atoms with Crippen molar-refractivity contribution in [2.24, 2.45) is 0 Å². The molecule has 1 fully saturated rings. The van der Waals surface area contributed by atoms with E-state index in [2.05, 4.69) is 28.4 Å². The van der Waals surface area contributed by atoms with E-state index in [0.717, 1.165) is 39.4 Å². The number of aromatic amines is 1. The van der Waals surface area contributed by atoms with Crippen LogP contribution in [0.5, 0.6) is 11.5 Å². The highest BCUT2D eigenvalue weighted by atomic mass is 16.5. The molecule has 146 valence electrons. The van der Waals surface area contributed by atoms with E-state index in [-0.39, 0.29) is 0 Å². The van der Waals surface area contributed by atoms with Gasteiger partial charge in [-0.1, -0.05) is 49.6 Å². The maximum absolute atomic E-state index is 6.17. The number of ether oxygens (including phenoxy) is 1. The standard InChI is InChI=1S/C24H24N4O/c25-23-22-20(15-21(26-24(22)28-27-23)17-7-3-1-4-8-17)16-11-13-19(14-12-16)29-18-9-5-2-6-10-18/h2,5-6,9-15,17H,1,3-4,7-8H2,(H3,25,26,27,28). The summed E-state index contributed by atoms with van der Waals surface area (Å²) in [7, 11) is 0. The Kier molecular flexibility index (Phi) is 4.64. The molecule has 29 heavy (non-hydrogen) atoms. The lowest BCUT2D eigenvalue weighted by atomic mass is 9.85. The van der Waals surface area contributed by atoms with Crippen molar-refractivity contribution in [1.29, 1.82) is 0 Å². The zero-order valence-electron chi connectivity index (χ0n) is 16.3. The average Bonchev–Trinajstić information content (AvgIpc) is 3.16. The van der Waals surface area contributed by atoms with E-state index >= 15 is 0 Å². The van der Waals surface area contributed by atoms with Crippen LogP contribution < -0.4 is 10.5 Å². The lowest BCUT2D eigenvalue weighted by Crippen LogP contribution is -2.07. The van der Waals surface area contributed by atoms with Gasteiger partial charge in [0.05, 0.1) is 5.39 Å². The molecule has 1 aliphatic rings. The molecule has 3 N–H and O–H groups in total. The van der Waals surface area contributed by atoms with E-state index in [1.165, 1.54) is 32.1 Å². The lowest BCUT2D eigenvalue weighted by Gasteiger charge is -2.21. The zero-order chi connectivity index (χ0) is 19.6. The monoisotopic (exact) mass is 384 g/mol. The number of hydrogen-bond donors (Lipinski definition) is 2. The molecule has 0 radical (unpaired) electrons. The normalized spacial score (nSPS) is 14.9. The van der Waals surface area contributed by atoms with E-state index in [0.29, 0.717) is 11.7 Å². The summed E-state index contributed by atoms with van der Waals surface area (Å²) in [6.45, 7) is 0. The van der Waals surface area contributed by atoms with Crippen LogP contribution in [0.3, 0.4) is 0 Å². The Balaban J connectivity index is 1.52. The van der Waals surface area contributed by atoms with E-state index < -0.39 is 0 Å². The van der Waals surface area contributed by atoms with Gasteiger partial charge >= 0.3 is 0 Å². The third kappa shape index (κ3) is 3.56. The van der Waals surface area contributed by atoms with Crippen LogP contribution >= 0.6 is 0 Å². The zero-order valence-corrected chi connectivity index (χ0v) is 16.3. The van der Waals surface area contributed by atoms with E-state index in [1.54, 1.807) is 0 Å². The highest BCUT2D eigenvalue weighted by Crippen LogP contribution is 2.38. The summed E-state index contributed by atoms with van der Waals surface area (Å²) in [4.78, 5) is 4.86. The summed E-state index contributed by atoms with van der Waals surface area (Å²) >= 11 is 0. The number of rotatable bonds is 4. The number of nitrogens with one attached hydrogen (secondary N) is 1. The van der Waals surface area contributed by atoms with Crippen molar-refractivity contribution >= 4 is 16.9 Å². The number of nitrogens with two attached hydrogens (primary N) is 1. The Hall–Kier alpha value is -3.34. The summed E-state index contributed by atoms with van der Waals surface area (Å²) in [6.07, 6.45) is 6.27. The SMILES string of the molecule is Nc1n[nH]c2nc(C3CCCCC3)cc(-c3ccc(Oc4ccccc4)cc3)c12. The van der Waals surface area contributed by atoms with Gasteiger partial charge in [-0.25, -0.2) is 4.98 Å². The van der Waals surface area contributed by atoms with Crippen LogP contribution in [0.1, 0.15) is 43.7 Å². The number of para-hydroxylation sites is 1. The van der Waals surface area contributed by atoms with Gasteiger partial charge in [0.2, 0.25) is 0 Å². The summed E-state index contributed by atoms with van der Waals surface area (Å²) in [5.74, 6) is 2.63. The molecule has 0 atom stereocenters. The molecule has 0 saturated heterocycles. The third-order valence-electron chi connectivity index (χ3n) is 5.75. The largest absolute Gasteiger partial charge is 0.457 e. The van der Waals surface area contributed by atoms with Crippen LogP contribution in [-0.2, 0) is 0 Å². The molecule has 1 saturated carbocycles. The molecular formula is C24H24N4O. The summed E-state index contributed by atoms with van der Waals surface area (Å²) in [6, 6.07) is 20.1. The highest BCUT2D eigenvalue weighted by Gasteiger charge is 2.21. The fraction of sp³-hybridized carbons (Fsp3) is 0.250. The Labute approximate surface area is 169 Å². The van der Waals surface area contributed by atoms with Gasteiger partial charge in [-0.2, -0.15) is 5.10 Å². The minimum Gasteiger partial charge on any atom is -0.457 e. The second kappa shape index (κ2) is 7.59. The molecule has 5 nitrogen and oxygen atoms in total. The number of nitrogen functional groups attached to an aromatic ring is 1. The number of H-pyrrole nitrogens is 1. The van der Waals surface area contributed by atoms with E-state index in [9.17, 15) is 0 Å². The molecule has 2 aromatic carbocycles. The molecule has 0 spiro atoms. The number of anilines is 1. The van der Waals surface area contributed by atoms with Gasteiger partial charge in [0.1, 0.15) is 11.5 Å². The fourth-order valence-electron chi connectivity index (χ4n) is 4.24. The minimum atomic E-state index is 0.488. The van der Waals surface area contributed by atoms with Crippen LogP contribution in [0, 0.1) is 0 Å². The number of hydrogen-bond acceptors (Lipinski definition) is 4. The quantitative estimate of drug-likeness (QED) is 0.449. The van der Waals surface area contributed by atoms with Gasteiger partial charge in [-0.15, -0.1) is 0 Å². The van der Waals surface area contributed by atoms with Crippen molar-refractivity contribution < 1.29 is 4.74 Å². The van der Waals surface area contributed by atoms with Crippen LogP contribution in [0.25, 0.3) is 22.2 Å². The molecule has 0 bridgehead atoms. The summed E-state index contributed by atoms with van der Waals surface area (Å²) < 4.78 is 5.93. The third-order valence-corrected chi connectivity index (χ3v) is 5.75. The minimum absolute atomic E-state index is 0.488. The van der Waals surface area contributed by atoms with Gasteiger partial charge in [-0.3, -0.25) is 5.10 Å². The molecule has 5 rings (SSSR count). The van der Waals surface area contributed by atoms with Gasteiger partial charge in [0.15, 0.2) is 11.5 Å². The van der Waals surface area contributed by atoms with E-state index in [4.69, 9.17) is 15.5 Å². The molecule has 4 aromatic rings. The van der Waals surface area contributed by atoms with Gasteiger partial charge in [0.25, 0.3) is 0 Å². The van der Waals surface area contributed by atoms with Crippen molar-refractivity contribution in [3.05, 3.63) is 66.4 Å². The molecule has 2 aromatic heterocycles. The average molecular weight is 384 g/mol. The highest BCUT2D eigenvalue weighted by molar-refractivity contribution is 6.00. The van der Waals surface area contributed by atoms with Gasteiger partial charge < -0.3 is 10.5 Å². The molecule has 5 heteroatoms.